The minimum absolute atomic E-state index is 0.129. The fraction of sp³-hybridized carbons (Fsp3) is 0.286. The van der Waals surface area contributed by atoms with Crippen molar-refractivity contribution < 1.29 is 0 Å². The van der Waals surface area contributed by atoms with Crippen LogP contribution in [-0.4, -0.2) is 9.97 Å². The Balaban J connectivity index is 2.36. The van der Waals surface area contributed by atoms with Gasteiger partial charge < -0.3 is 11.1 Å². The molecule has 3 N–H and O–H groups in total. The number of hydrogen-bond acceptors (Lipinski definition) is 4. The van der Waals surface area contributed by atoms with Crippen LogP contribution in [0.5, 0.6) is 0 Å². The smallest absolute Gasteiger partial charge is 0.138 e. The average Bonchev–Trinajstić information content (AvgIpc) is 2.30. The van der Waals surface area contributed by atoms with Crippen molar-refractivity contribution in [1.29, 1.82) is 0 Å². The van der Waals surface area contributed by atoms with Gasteiger partial charge in [0, 0.05) is 15.1 Å². The van der Waals surface area contributed by atoms with Crippen LogP contribution in [0.15, 0.2) is 30.3 Å². The summed E-state index contributed by atoms with van der Waals surface area (Å²) in [6.45, 7) is 6.20. The van der Waals surface area contributed by atoms with Crippen molar-refractivity contribution in [3.63, 3.8) is 0 Å². The number of rotatable bonds is 2. The highest BCUT2D eigenvalue weighted by Gasteiger charge is 2.18. The third-order valence-corrected chi connectivity index (χ3v) is 3.49. The summed E-state index contributed by atoms with van der Waals surface area (Å²) in [6.07, 6.45) is 0. The number of nitrogen functional groups attached to an aromatic ring is 1. The summed E-state index contributed by atoms with van der Waals surface area (Å²) in [5.41, 5.74) is 6.74. The molecule has 0 atom stereocenters. The Morgan fingerprint density at radius 3 is 2.47 bits per heavy atom. The zero-order chi connectivity index (χ0) is 14.0. The zero-order valence-corrected chi connectivity index (χ0v) is 13.4. The van der Waals surface area contributed by atoms with Gasteiger partial charge in [-0.3, -0.25) is 0 Å². The molecule has 2 rings (SSSR count). The molecule has 0 bridgehead atoms. The second-order valence-corrected chi connectivity index (χ2v) is 6.52. The number of para-hydroxylation sites is 1. The summed E-state index contributed by atoms with van der Waals surface area (Å²) in [5.74, 6) is 1.94. The van der Waals surface area contributed by atoms with Crippen molar-refractivity contribution in [1.82, 2.24) is 9.97 Å². The van der Waals surface area contributed by atoms with Gasteiger partial charge in [-0.1, -0.05) is 32.9 Å². The van der Waals surface area contributed by atoms with Gasteiger partial charge in [0.05, 0.1) is 5.69 Å². The molecule has 4 nitrogen and oxygen atoms in total. The first-order valence-corrected chi connectivity index (χ1v) is 7.11. The molecule has 0 amide bonds. The molecule has 5 heteroatoms. The standard InChI is InChI=1S/C14H17IN4/c1-14(2,3)13-18-11(16)8-12(19-13)17-10-7-5-4-6-9(10)15/h4-8H,1-3H3,(H3,16,17,18,19). The van der Waals surface area contributed by atoms with E-state index in [4.69, 9.17) is 5.73 Å². The Morgan fingerprint density at radius 1 is 1.16 bits per heavy atom. The van der Waals surface area contributed by atoms with Gasteiger partial charge >= 0.3 is 0 Å². The largest absolute Gasteiger partial charge is 0.384 e. The second kappa shape index (κ2) is 5.32. The maximum Gasteiger partial charge on any atom is 0.138 e. The topological polar surface area (TPSA) is 63.8 Å². The number of benzene rings is 1. The van der Waals surface area contributed by atoms with Crippen LogP contribution in [0.4, 0.5) is 17.3 Å². The van der Waals surface area contributed by atoms with Gasteiger partial charge in [-0.25, -0.2) is 9.97 Å². The van der Waals surface area contributed by atoms with Crippen molar-refractivity contribution in [3.05, 3.63) is 39.7 Å². The highest BCUT2D eigenvalue weighted by atomic mass is 127. The number of aromatic nitrogens is 2. The first kappa shape index (κ1) is 14.0. The highest BCUT2D eigenvalue weighted by molar-refractivity contribution is 14.1. The van der Waals surface area contributed by atoms with E-state index in [2.05, 4.69) is 58.6 Å². The predicted molar refractivity (Wildman–Crippen MR) is 87.6 cm³/mol. The predicted octanol–water partition coefficient (Wildman–Crippen LogP) is 3.70. The van der Waals surface area contributed by atoms with Gasteiger partial charge in [0.25, 0.3) is 0 Å². The van der Waals surface area contributed by atoms with E-state index in [0.29, 0.717) is 5.82 Å². The van der Waals surface area contributed by atoms with E-state index in [-0.39, 0.29) is 5.41 Å². The normalized spacial score (nSPS) is 11.4. The van der Waals surface area contributed by atoms with Crippen LogP contribution < -0.4 is 11.1 Å². The molecular formula is C14H17IN4. The fourth-order valence-electron chi connectivity index (χ4n) is 1.57. The third-order valence-electron chi connectivity index (χ3n) is 2.55. The first-order valence-electron chi connectivity index (χ1n) is 6.03. The first-order chi connectivity index (χ1) is 8.86. The Hall–Kier alpha value is -1.37. The van der Waals surface area contributed by atoms with Crippen LogP contribution >= 0.6 is 22.6 Å². The number of nitrogens with zero attached hydrogens (tertiary/aromatic N) is 2. The van der Waals surface area contributed by atoms with Gasteiger partial charge in [-0.15, -0.1) is 0 Å². The van der Waals surface area contributed by atoms with Gasteiger partial charge in [0.2, 0.25) is 0 Å². The summed E-state index contributed by atoms with van der Waals surface area (Å²) in [6, 6.07) is 9.79. The number of nitrogens with one attached hydrogen (secondary N) is 1. The molecule has 1 heterocycles. The van der Waals surface area contributed by atoms with Crippen molar-refractivity contribution >= 4 is 39.9 Å². The molecule has 0 saturated heterocycles. The van der Waals surface area contributed by atoms with E-state index in [9.17, 15) is 0 Å². The molecule has 0 saturated carbocycles. The van der Waals surface area contributed by atoms with Crippen molar-refractivity contribution in [2.24, 2.45) is 0 Å². The molecule has 1 aromatic heterocycles. The van der Waals surface area contributed by atoms with Crippen LogP contribution in [0, 0.1) is 3.57 Å². The van der Waals surface area contributed by atoms with Crippen LogP contribution in [0.3, 0.4) is 0 Å². The van der Waals surface area contributed by atoms with Gasteiger partial charge in [-0.05, 0) is 34.7 Å². The van der Waals surface area contributed by atoms with E-state index in [0.717, 1.165) is 20.9 Å². The monoisotopic (exact) mass is 368 g/mol. The van der Waals surface area contributed by atoms with Crippen molar-refractivity contribution in [3.8, 4) is 0 Å². The van der Waals surface area contributed by atoms with Crippen LogP contribution in [-0.2, 0) is 5.41 Å². The molecule has 0 spiro atoms. The molecule has 19 heavy (non-hydrogen) atoms. The minimum atomic E-state index is -0.129. The summed E-state index contributed by atoms with van der Waals surface area (Å²) >= 11 is 2.28. The number of nitrogens with two attached hydrogens (primary N) is 1. The number of halogens is 1. The molecule has 2 aromatic rings. The van der Waals surface area contributed by atoms with E-state index >= 15 is 0 Å². The lowest BCUT2D eigenvalue weighted by Crippen LogP contribution is -2.17. The van der Waals surface area contributed by atoms with E-state index in [1.165, 1.54) is 0 Å². The fourth-order valence-corrected chi connectivity index (χ4v) is 2.09. The minimum Gasteiger partial charge on any atom is -0.384 e. The Labute approximate surface area is 127 Å². The Morgan fingerprint density at radius 2 is 1.84 bits per heavy atom. The highest BCUT2D eigenvalue weighted by Crippen LogP contribution is 2.25. The van der Waals surface area contributed by atoms with Gasteiger partial charge in [0.15, 0.2) is 0 Å². The second-order valence-electron chi connectivity index (χ2n) is 5.36. The molecule has 100 valence electrons. The summed E-state index contributed by atoms with van der Waals surface area (Å²) in [5, 5.41) is 3.29. The summed E-state index contributed by atoms with van der Waals surface area (Å²) in [7, 11) is 0. The maximum absolute atomic E-state index is 5.85. The molecule has 0 aliphatic carbocycles. The van der Waals surface area contributed by atoms with E-state index in [1.807, 2.05) is 24.3 Å². The summed E-state index contributed by atoms with van der Waals surface area (Å²) < 4.78 is 1.13. The lowest BCUT2D eigenvalue weighted by Gasteiger charge is -2.18. The van der Waals surface area contributed by atoms with Crippen molar-refractivity contribution in [2.45, 2.75) is 26.2 Å². The van der Waals surface area contributed by atoms with Crippen LogP contribution in [0.25, 0.3) is 0 Å². The van der Waals surface area contributed by atoms with E-state index in [1.54, 1.807) is 6.07 Å². The van der Waals surface area contributed by atoms with Gasteiger partial charge in [-0.2, -0.15) is 0 Å². The number of hydrogen-bond donors (Lipinski definition) is 2. The lowest BCUT2D eigenvalue weighted by molar-refractivity contribution is 0.547. The quantitative estimate of drug-likeness (QED) is 0.794. The number of anilines is 3. The molecule has 0 aliphatic heterocycles. The maximum atomic E-state index is 5.85. The molecule has 1 aromatic carbocycles. The third kappa shape index (κ3) is 3.56. The molecule has 0 unspecified atom stereocenters. The molecule has 0 radical (unpaired) electrons. The molecule has 0 aliphatic rings. The van der Waals surface area contributed by atoms with Crippen LogP contribution in [0.1, 0.15) is 26.6 Å². The van der Waals surface area contributed by atoms with Gasteiger partial charge in [0.1, 0.15) is 17.5 Å². The Bertz CT molecular complexity index is 590. The molecular weight excluding hydrogens is 351 g/mol. The SMILES string of the molecule is CC(C)(C)c1nc(N)cc(Nc2ccccc2I)n1. The molecule has 0 fully saturated rings. The Kier molecular flexibility index (Phi) is 3.93. The average molecular weight is 368 g/mol. The zero-order valence-electron chi connectivity index (χ0n) is 11.2. The lowest BCUT2D eigenvalue weighted by atomic mass is 9.96. The van der Waals surface area contributed by atoms with E-state index < -0.39 is 0 Å². The van der Waals surface area contributed by atoms with Crippen LogP contribution in [0.2, 0.25) is 0 Å². The summed E-state index contributed by atoms with van der Waals surface area (Å²) in [4.78, 5) is 8.83. The van der Waals surface area contributed by atoms with Crippen molar-refractivity contribution in [2.75, 3.05) is 11.1 Å².